The molecule has 1 aliphatic rings. The summed E-state index contributed by atoms with van der Waals surface area (Å²) in [6, 6.07) is 4.00. The lowest BCUT2D eigenvalue weighted by Gasteiger charge is -2.20. The number of aromatic nitrogens is 3. The average Bonchev–Trinajstić information content (AvgIpc) is 2.95. The fraction of sp³-hybridized carbons (Fsp3) is 0.538. The molecule has 18 heavy (non-hydrogen) atoms. The summed E-state index contributed by atoms with van der Waals surface area (Å²) in [5, 5.41) is 14.0. The van der Waals surface area contributed by atoms with Crippen molar-refractivity contribution < 1.29 is 5.11 Å². The molecule has 0 unspecified atom stereocenters. The van der Waals surface area contributed by atoms with Crippen LogP contribution in [-0.2, 0) is 0 Å². The lowest BCUT2D eigenvalue weighted by Crippen LogP contribution is -2.24. The van der Waals surface area contributed by atoms with Gasteiger partial charge in [0.05, 0.1) is 12.3 Å². The molecule has 2 aromatic rings. The van der Waals surface area contributed by atoms with Crippen LogP contribution in [0.25, 0.3) is 5.65 Å². The van der Waals surface area contributed by atoms with E-state index in [-0.39, 0.29) is 6.10 Å². The molecule has 5 nitrogen and oxygen atoms in total. The van der Waals surface area contributed by atoms with Crippen LogP contribution in [0.4, 0.5) is 5.82 Å². The van der Waals surface area contributed by atoms with E-state index < -0.39 is 0 Å². The highest BCUT2D eigenvalue weighted by atomic mass is 16.3. The molecule has 5 heteroatoms. The zero-order valence-corrected chi connectivity index (χ0v) is 10.7. The van der Waals surface area contributed by atoms with Gasteiger partial charge in [-0.1, -0.05) is 13.8 Å². The number of anilines is 1. The van der Waals surface area contributed by atoms with Crippen LogP contribution in [0.5, 0.6) is 0 Å². The van der Waals surface area contributed by atoms with Crippen LogP contribution in [0.3, 0.4) is 0 Å². The lowest BCUT2D eigenvalue weighted by atomic mass is 10.1. The first-order valence-electron chi connectivity index (χ1n) is 6.43. The summed E-state index contributed by atoms with van der Waals surface area (Å²) < 4.78 is 1.85. The summed E-state index contributed by atoms with van der Waals surface area (Å²) in [6.45, 7) is 5.82. The Kier molecular flexibility index (Phi) is 2.70. The van der Waals surface area contributed by atoms with E-state index in [2.05, 4.69) is 34.9 Å². The Hall–Kier alpha value is -1.62. The number of rotatable bonds is 2. The maximum atomic E-state index is 9.68. The smallest absolute Gasteiger partial charge is 0.157 e. The topological polar surface area (TPSA) is 53.7 Å². The van der Waals surface area contributed by atoms with Gasteiger partial charge in [-0.15, -0.1) is 0 Å². The molecule has 1 atom stereocenters. The first kappa shape index (κ1) is 11.5. The van der Waals surface area contributed by atoms with Gasteiger partial charge in [0.15, 0.2) is 5.65 Å². The molecular formula is C13H18N4O. The van der Waals surface area contributed by atoms with Gasteiger partial charge in [0.1, 0.15) is 5.82 Å². The first-order chi connectivity index (χ1) is 8.65. The van der Waals surface area contributed by atoms with E-state index in [1.165, 1.54) is 0 Å². The van der Waals surface area contributed by atoms with Crippen LogP contribution in [0.1, 0.15) is 31.9 Å². The summed E-state index contributed by atoms with van der Waals surface area (Å²) in [6.07, 6.45) is 2.36. The zero-order valence-electron chi connectivity index (χ0n) is 10.7. The molecule has 1 saturated heterocycles. The monoisotopic (exact) mass is 246 g/mol. The lowest BCUT2D eigenvalue weighted by molar-refractivity contribution is 0.198. The molecule has 3 heterocycles. The predicted octanol–water partition coefficient (Wildman–Crippen LogP) is 1.42. The van der Waals surface area contributed by atoms with Crippen LogP contribution in [0.15, 0.2) is 18.3 Å². The van der Waals surface area contributed by atoms with Crippen molar-refractivity contribution >= 4 is 11.5 Å². The van der Waals surface area contributed by atoms with E-state index in [9.17, 15) is 5.11 Å². The highest BCUT2D eigenvalue weighted by Crippen LogP contribution is 2.24. The second-order valence-electron chi connectivity index (χ2n) is 5.18. The Bertz CT molecular complexity index is 563. The predicted molar refractivity (Wildman–Crippen MR) is 69.9 cm³/mol. The first-order valence-corrected chi connectivity index (χ1v) is 6.43. The van der Waals surface area contributed by atoms with E-state index in [4.69, 9.17) is 0 Å². The van der Waals surface area contributed by atoms with Gasteiger partial charge in [-0.05, 0) is 12.3 Å². The summed E-state index contributed by atoms with van der Waals surface area (Å²) in [7, 11) is 0. The van der Waals surface area contributed by atoms with Crippen molar-refractivity contribution in [1.82, 2.24) is 14.6 Å². The standard InChI is InChI=1S/C13H18N4O/c1-9(2)11-7-13(16-6-4-10(18)8-16)17-12(15-11)3-5-14-17/h3,5,7,9-10,18H,4,6,8H2,1-2H3/t10-/m0/s1. The highest BCUT2D eigenvalue weighted by molar-refractivity contribution is 5.52. The summed E-state index contributed by atoms with van der Waals surface area (Å²) in [4.78, 5) is 6.78. The Morgan fingerprint density at radius 2 is 2.28 bits per heavy atom. The fourth-order valence-electron chi connectivity index (χ4n) is 2.39. The molecule has 1 fully saturated rings. The second-order valence-corrected chi connectivity index (χ2v) is 5.18. The molecule has 1 aliphatic heterocycles. The molecule has 0 aliphatic carbocycles. The minimum Gasteiger partial charge on any atom is -0.391 e. The third-order valence-electron chi connectivity index (χ3n) is 3.44. The normalized spacial score (nSPS) is 20.2. The van der Waals surface area contributed by atoms with Crippen molar-refractivity contribution in [1.29, 1.82) is 0 Å². The number of aliphatic hydroxyl groups excluding tert-OH is 1. The number of aliphatic hydroxyl groups is 1. The van der Waals surface area contributed by atoms with Crippen LogP contribution in [-0.4, -0.2) is 38.9 Å². The third-order valence-corrected chi connectivity index (χ3v) is 3.44. The van der Waals surface area contributed by atoms with Gasteiger partial charge < -0.3 is 10.0 Å². The molecule has 1 N–H and O–H groups in total. The van der Waals surface area contributed by atoms with Crippen molar-refractivity contribution in [3.8, 4) is 0 Å². The van der Waals surface area contributed by atoms with Gasteiger partial charge in [0.25, 0.3) is 0 Å². The van der Waals surface area contributed by atoms with Gasteiger partial charge >= 0.3 is 0 Å². The molecular weight excluding hydrogens is 228 g/mol. The largest absolute Gasteiger partial charge is 0.391 e. The fourth-order valence-corrected chi connectivity index (χ4v) is 2.39. The highest BCUT2D eigenvalue weighted by Gasteiger charge is 2.23. The van der Waals surface area contributed by atoms with Crippen molar-refractivity contribution in [2.24, 2.45) is 0 Å². The van der Waals surface area contributed by atoms with E-state index in [0.29, 0.717) is 12.5 Å². The number of hydrogen-bond donors (Lipinski definition) is 1. The van der Waals surface area contributed by atoms with Gasteiger partial charge in [-0.25, -0.2) is 4.98 Å². The molecule has 0 spiro atoms. The van der Waals surface area contributed by atoms with Crippen LogP contribution in [0, 0.1) is 0 Å². The molecule has 2 aromatic heterocycles. The third kappa shape index (κ3) is 1.84. The Morgan fingerprint density at radius 3 is 2.94 bits per heavy atom. The number of hydrogen-bond acceptors (Lipinski definition) is 4. The summed E-state index contributed by atoms with van der Waals surface area (Å²) in [5.74, 6) is 1.42. The minimum absolute atomic E-state index is 0.230. The van der Waals surface area contributed by atoms with Gasteiger partial charge in [-0.3, -0.25) is 0 Å². The molecule has 96 valence electrons. The van der Waals surface area contributed by atoms with E-state index in [0.717, 1.165) is 30.1 Å². The molecule has 0 amide bonds. The zero-order chi connectivity index (χ0) is 12.7. The number of nitrogens with zero attached hydrogens (tertiary/aromatic N) is 4. The maximum absolute atomic E-state index is 9.68. The molecule has 0 aromatic carbocycles. The molecule has 0 radical (unpaired) electrons. The van der Waals surface area contributed by atoms with Gasteiger partial charge in [0, 0.05) is 30.9 Å². The minimum atomic E-state index is -0.230. The summed E-state index contributed by atoms with van der Waals surface area (Å²) in [5.41, 5.74) is 1.94. The molecule has 0 bridgehead atoms. The van der Waals surface area contributed by atoms with Crippen LogP contribution < -0.4 is 4.90 Å². The van der Waals surface area contributed by atoms with Crippen molar-refractivity contribution in [3.05, 3.63) is 24.0 Å². The molecule has 0 saturated carbocycles. The Morgan fingerprint density at radius 1 is 1.44 bits per heavy atom. The summed E-state index contributed by atoms with van der Waals surface area (Å²) >= 11 is 0. The van der Waals surface area contributed by atoms with Gasteiger partial charge in [0.2, 0.25) is 0 Å². The van der Waals surface area contributed by atoms with Crippen molar-refractivity contribution in [2.45, 2.75) is 32.3 Å². The maximum Gasteiger partial charge on any atom is 0.157 e. The van der Waals surface area contributed by atoms with E-state index in [1.54, 1.807) is 6.20 Å². The van der Waals surface area contributed by atoms with Crippen molar-refractivity contribution in [2.75, 3.05) is 18.0 Å². The Labute approximate surface area is 106 Å². The Balaban J connectivity index is 2.10. The number of fused-ring (bicyclic) bond motifs is 1. The molecule has 3 rings (SSSR count). The number of β-amino-alcohol motifs (C(OH)–C–C–N with tert-alkyl or cyclic N) is 1. The van der Waals surface area contributed by atoms with Crippen LogP contribution in [0.2, 0.25) is 0 Å². The second kappa shape index (κ2) is 4.24. The van der Waals surface area contributed by atoms with Crippen molar-refractivity contribution in [3.63, 3.8) is 0 Å². The van der Waals surface area contributed by atoms with E-state index >= 15 is 0 Å². The SMILES string of the molecule is CC(C)c1cc(N2CC[C@H](O)C2)n2nccc2n1. The van der Waals surface area contributed by atoms with Gasteiger partial charge in [-0.2, -0.15) is 9.61 Å². The van der Waals surface area contributed by atoms with Crippen LogP contribution >= 0.6 is 0 Å². The quantitative estimate of drug-likeness (QED) is 0.870. The van der Waals surface area contributed by atoms with E-state index in [1.807, 2.05) is 10.6 Å². The average molecular weight is 246 g/mol.